The topological polar surface area (TPSA) is 54.2 Å². The van der Waals surface area contributed by atoms with Gasteiger partial charge in [-0.05, 0) is 31.7 Å². The Kier molecular flexibility index (Phi) is 4.36. The van der Waals surface area contributed by atoms with Gasteiger partial charge in [0.25, 0.3) is 0 Å². The normalized spacial score (nSPS) is 17.6. The molecule has 2 heterocycles. The van der Waals surface area contributed by atoms with Gasteiger partial charge in [-0.3, -0.25) is 0 Å². The highest BCUT2D eigenvalue weighted by Crippen LogP contribution is 2.21. The fourth-order valence-corrected chi connectivity index (χ4v) is 2.02. The summed E-state index contributed by atoms with van der Waals surface area (Å²) < 4.78 is 5.65. The van der Waals surface area contributed by atoms with Crippen LogP contribution in [0.4, 0.5) is 6.01 Å². The van der Waals surface area contributed by atoms with Crippen LogP contribution in [-0.2, 0) is 6.54 Å². The van der Waals surface area contributed by atoms with E-state index in [1.165, 1.54) is 12.8 Å². The maximum Gasteiger partial charge on any atom is 0.318 e. The second-order valence-electron chi connectivity index (χ2n) is 4.82. The third-order valence-electron chi connectivity index (χ3n) is 3.21. The molecular weight excluding hydrogens is 216 g/mol. The van der Waals surface area contributed by atoms with E-state index < -0.39 is 0 Å². The average molecular weight is 238 g/mol. The van der Waals surface area contributed by atoms with Crippen molar-refractivity contribution in [3.05, 3.63) is 5.89 Å². The molecule has 1 aromatic rings. The van der Waals surface area contributed by atoms with E-state index in [-0.39, 0.29) is 0 Å². The summed E-state index contributed by atoms with van der Waals surface area (Å²) >= 11 is 0. The SMILES string of the molecule is CCCNCc1nnc(N2CCC(C)CC2)o1. The van der Waals surface area contributed by atoms with Crippen LogP contribution >= 0.6 is 0 Å². The first-order chi connectivity index (χ1) is 8.29. The molecule has 1 aliphatic rings. The van der Waals surface area contributed by atoms with Gasteiger partial charge in [0.15, 0.2) is 0 Å². The zero-order valence-electron chi connectivity index (χ0n) is 10.8. The molecular formula is C12H22N4O. The lowest BCUT2D eigenvalue weighted by Crippen LogP contribution is -2.32. The van der Waals surface area contributed by atoms with Crippen molar-refractivity contribution >= 4 is 6.01 Å². The third-order valence-corrected chi connectivity index (χ3v) is 3.21. The Balaban J connectivity index is 1.85. The number of piperidine rings is 1. The molecule has 0 radical (unpaired) electrons. The predicted molar refractivity (Wildman–Crippen MR) is 66.9 cm³/mol. The van der Waals surface area contributed by atoms with Crippen molar-refractivity contribution in [1.82, 2.24) is 15.5 Å². The van der Waals surface area contributed by atoms with Gasteiger partial charge in [0, 0.05) is 13.1 Å². The van der Waals surface area contributed by atoms with E-state index in [4.69, 9.17) is 4.42 Å². The van der Waals surface area contributed by atoms with Gasteiger partial charge in [0.2, 0.25) is 5.89 Å². The Morgan fingerprint density at radius 1 is 1.35 bits per heavy atom. The first-order valence-electron chi connectivity index (χ1n) is 6.57. The molecule has 0 spiro atoms. The molecule has 0 bridgehead atoms. The van der Waals surface area contributed by atoms with Gasteiger partial charge >= 0.3 is 6.01 Å². The highest BCUT2D eigenvalue weighted by atomic mass is 16.4. The van der Waals surface area contributed by atoms with Crippen molar-refractivity contribution < 1.29 is 4.42 Å². The number of hydrogen-bond acceptors (Lipinski definition) is 5. The van der Waals surface area contributed by atoms with Gasteiger partial charge in [-0.15, -0.1) is 5.10 Å². The van der Waals surface area contributed by atoms with Crippen LogP contribution in [0.2, 0.25) is 0 Å². The first kappa shape index (κ1) is 12.4. The van der Waals surface area contributed by atoms with E-state index >= 15 is 0 Å². The predicted octanol–water partition coefficient (Wildman–Crippen LogP) is 1.81. The third kappa shape index (κ3) is 3.43. The van der Waals surface area contributed by atoms with E-state index in [9.17, 15) is 0 Å². The van der Waals surface area contributed by atoms with Crippen LogP contribution in [0.3, 0.4) is 0 Å². The molecule has 1 saturated heterocycles. The minimum absolute atomic E-state index is 0.672. The number of nitrogens with one attached hydrogen (secondary N) is 1. The number of hydrogen-bond donors (Lipinski definition) is 1. The summed E-state index contributed by atoms with van der Waals surface area (Å²) in [4.78, 5) is 2.19. The molecule has 5 heteroatoms. The smallest absolute Gasteiger partial charge is 0.318 e. The maximum absolute atomic E-state index is 5.65. The summed E-state index contributed by atoms with van der Waals surface area (Å²) in [5, 5.41) is 11.4. The minimum Gasteiger partial charge on any atom is -0.407 e. The summed E-state index contributed by atoms with van der Waals surface area (Å²) in [6.07, 6.45) is 3.54. The molecule has 0 aromatic carbocycles. The summed E-state index contributed by atoms with van der Waals surface area (Å²) in [5.41, 5.74) is 0. The second kappa shape index (κ2) is 6.00. The van der Waals surface area contributed by atoms with Crippen LogP contribution in [0, 0.1) is 5.92 Å². The standard InChI is InChI=1S/C12H22N4O/c1-3-6-13-9-11-14-15-12(17-11)16-7-4-10(2)5-8-16/h10,13H,3-9H2,1-2H3. The fourth-order valence-electron chi connectivity index (χ4n) is 2.02. The summed E-state index contributed by atoms with van der Waals surface area (Å²) in [6, 6.07) is 0.685. The fraction of sp³-hybridized carbons (Fsp3) is 0.833. The van der Waals surface area contributed by atoms with Crippen LogP contribution < -0.4 is 10.2 Å². The molecule has 5 nitrogen and oxygen atoms in total. The lowest BCUT2D eigenvalue weighted by atomic mass is 10.00. The zero-order valence-corrected chi connectivity index (χ0v) is 10.8. The molecule has 0 amide bonds. The van der Waals surface area contributed by atoms with Crippen molar-refractivity contribution in [3.63, 3.8) is 0 Å². The Bertz CT molecular complexity index is 331. The van der Waals surface area contributed by atoms with Crippen molar-refractivity contribution in [2.24, 2.45) is 5.92 Å². The van der Waals surface area contributed by atoms with Gasteiger partial charge in [-0.25, -0.2) is 0 Å². The summed E-state index contributed by atoms with van der Waals surface area (Å²) in [6.45, 7) is 8.16. The van der Waals surface area contributed by atoms with E-state index in [0.717, 1.165) is 32.0 Å². The quantitative estimate of drug-likeness (QED) is 0.793. The van der Waals surface area contributed by atoms with E-state index in [1.807, 2.05) is 0 Å². The zero-order chi connectivity index (χ0) is 12.1. The highest BCUT2D eigenvalue weighted by Gasteiger charge is 2.20. The van der Waals surface area contributed by atoms with Gasteiger partial charge < -0.3 is 14.6 Å². The number of nitrogens with zero attached hydrogens (tertiary/aromatic N) is 3. The number of rotatable bonds is 5. The molecule has 0 unspecified atom stereocenters. The van der Waals surface area contributed by atoms with Crippen LogP contribution in [0.15, 0.2) is 4.42 Å². The van der Waals surface area contributed by atoms with Crippen molar-refractivity contribution in [1.29, 1.82) is 0 Å². The van der Waals surface area contributed by atoms with Gasteiger partial charge in [-0.1, -0.05) is 18.9 Å². The highest BCUT2D eigenvalue weighted by molar-refractivity contribution is 5.24. The van der Waals surface area contributed by atoms with E-state index in [0.29, 0.717) is 18.5 Å². The molecule has 0 atom stereocenters. The maximum atomic E-state index is 5.65. The van der Waals surface area contributed by atoms with Crippen LogP contribution in [0.1, 0.15) is 39.0 Å². The molecule has 1 fully saturated rings. The Hall–Kier alpha value is -1.10. The average Bonchev–Trinajstić information content (AvgIpc) is 2.79. The van der Waals surface area contributed by atoms with Crippen molar-refractivity contribution in [3.8, 4) is 0 Å². The molecule has 0 saturated carbocycles. The lowest BCUT2D eigenvalue weighted by molar-refractivity contribution is 0.401. The summed E-state index contributed by atoms with van der Waals surface area (Å²) in [7, 11) is 0. The van der Waals surface area contributed by atoms with Crippen molar-refractivity contribution in [2.75, 3.05) is 24.5 Å². The number of aromatic nitrogens is 2. The van der Waals surface area contributed by atoms with E-state index in [2.05, 4.69) is 34.3 Å². The summed E-state index contributed by atoms with van der Waals surface area (Å²) in [5.74, 6) is 1.51. The van der Waals surface area contributed by atoms with Gasteiger partial charge in [-0.2, -0.15) is 0 Å². The molecule has 1 aliphatic heterocycles. The molecule has 1 N–H and O–H groups in total. The molecule has 2 rings (SSSR count). The Labute approximate surface area is 103 Å². The first-order valence-corrected chi connectivity index (χ1v) is 6.57. The monoisotopic (exact) mass is 238 g/mol. The molecule has 17 heavy (non-hydrogen) atoms. The van der Waals surface area contributed by atoms with Crippen LogP contribution in [0.5, 0.6) is 0 Å². The molecule has 0 aliphatic carbocycles. The van der Waals surface area contributed by atoms with Gasteiger partial charge in [0.1, 0.15) is 0 Å². The van der Waals surface area contributed by atoms with E-state index in [1.54, 1.807) is 0 Å². The molecule has 96 valence electrons. The largest absolute Gasteiger partial charge is 0.407 e. The minimum atomic E-state index is 0.672. The lowest BCUT2D eigenvalue weighted by Gasteiger charge is -2.28. The molecule has 1 aromatic heterocycles. The second-order valence-corrected chi connectivity index (χ2v) is 4.82. The van der Waals surface area contributed by atoms with Crippen molar-refractivity contribution in [2.45, 2.75) is 39.7 Å². The van der Waals surface area contributed by atoms with Crippen LogP contribution in [-0.4, -0.2) is 29.8 Å². The van der Waals surface area contributed by atoms with Gasteiger partial charge in [0.05, 0.1) is 6.54 Å². The Morgan fingerprint density at radius 3 is 2.82 bits per heavy atom. The Morgan fingerprint density at radius 2 is 2.12 bits per heavy atom. The number of anilines is 1. The van der Waals surface area contributed by atoms with Crippen LogP contribution in [0.25, 0.3) is 0 Å².